The standard InChI is InChI=1S/C9H10ClN3S2/c1-2-5-11-9-13-12-8(15-9)6-3-4-7(10)14-6/h3-4H,2,5H2,1H3,(H,11,13). The zero-order valence-electron chi connectivity index (χ0n) is 8.16. The van der Waals surface area contributed by atoms with E-state index < -0.39 is 0 Å². The van der Waals surface area contributed by atoms with Crippen molar-refractivity contribution >= 4 is 39.4 Å². The van der Waals surface area contributed by atoms with E-state index in [1.165, 1.54) is 11.3 Å². The molecule has 0 saturated carbocycles. The minimum atomic E-state index is 0.781. The molecule has 6 heteroatoms. The first-order valence-electron chi connectivity index (χ1n) is 4.62. The molecule has 0 unspecified atom stereocenters. The lowest BCUT2D eigenvalue weighted by molar-refractivity contribution is 0.964. The maximum absolute atomic E-state index is 5.86. The third-order valence-electron chi connectivity index (χ3n) is 1.74. The van der Waals surface area contributed by atoms with Gasteiger partial charge in [0.25, 0.3) is 0 Å². The highest BCUT2D eigenvalue weighted by Gasteiger charge is 2.08. The molecule has 0 spiro atoms. The Hall–Kier alpha value is -0.650. The van der Waals surface area contributed by atoms with E-state index in [0.29, 0.717) is 0 Å². The van der Waals surface area contributed by atoms with Crippen LogP contribution in [0, 0.1) is 0 Å². The van der Waals surface area contributed by atoms with Gasteiger partial charge in [0, 0.05) is 6.54 Å². The minimum Gasteiger partial charge on any atom is -0.360 e. The van der Waals surface area contributed by atoms with Gasteiger partial charge >= 0.3 is 0 Å². The van der Waals surface area contributed by atoms with Crippen molar-refractivity contribution in [2.45, 2.75) is 13.3 Å². The Morgan fingerprint density at radius 3 is 2.87 bits per heavy atom. The molecule has 0 aliphatic carbocycles. The average Bonchev–Trinajstić information content (AvgIpc) is 2.83. The fourth-order valence-electron chi connectivity index (χ4n) is 1.06. The molecule has 15 heavy (non-hydrogen) atoms. The summed E-state index contributed by atoms with van der Waals surface area (Å²) in [5.41, 5.74) is 0. The number of thiophene rings is 1. The van der Waals surface area contributed by atoms with Crippen LogP contribution in [0.2, 0.25) is 4.34 Å². The quantitative estimate of drug-likeness (QED) is 0.909. The fraction of sp³-hybridized carbons (Fsp3) is 0.333. The van der Waals surface area contributed by atoms with Gasteiger partial charge in [-0.2, -0.15) is 0 Å². The van der Waals surface area contributed by atoms with Gasteiger partial charge in [-0.3, -0.25) is 0 Å². The first kappa shape index (κ1) is 10.9. The predicted octanol–water partition coefficient (Wildman–Crippen LogP) is 3.74. The molecule has 0 saturated heterocycles. The lowest BCUT2D eigenvalue weighted by Gasteiger charge is -1.95. The summed E-state index contributed by atoms with van der Waals surface area (Å²) in [7, 11) is 0. The third-order valence-corrected chi connectivity index (χ3v) is 4.02. The van der Waals surface area contributed by atoms with E-state index in [-0.39, 0.29) is 0 Å². The second-order valence-corrected chi connectivity index (χ2v) is 5.64. The van der Waals surface area contributed by atoms with Crippen LogP contribution in [-0.2, 0) is 0 Å². The number of hydrogen-bond acceptors (Lipinski definition) is 5. The molecular formula is C9H10ClN3S2. The summed E-state index contributed by atoms with van der Waals surface area (Å²) in [6.07, 6.45) is 1.08. The summed E-state index contributed by atoms with van der Waals surface area (Å²) in [6.45, 7) is 3.05. The van der Waals surface area contributed by atoms with E-state index in [0.717, 1.165) is 32.3 Å². The van der Waals surface area contributed by atoms with E-state index in [9.17, 15) is 0 Å². The van der Waals surface area contributed by atoms with Gasteiger partial charge in [0.05, 0.1) is 9.21 Å². The molecule has 2 aromatic rings. The summed E-state index contributed by atoms with van der Waals surface area (Å²) >= 11 is 8.94. The van der Waals surface area contributed by atoms with Gasteiger partial charge in [-0.1, -0.05) is 29.9 Å². The van der Waals surface area contributed by atoms with Crippen LogP contribution in [0.3, 0.4) is 0 Å². The van der Waals surface area contributed by atoms with E-state index in [4.69, 9.17) is 11.6 Å². The molecule has 0 aliphatic rings. The predicted molar refractivity (Wildman–Crippen MR) is 67.0 cm³/mol. The summed E-state index contributed by atoms with van der Waals surface area (Å²) in [6, 6.07) is 3.85. The Labute approximate surface area is 101 Å². The summed E-state index contributed by atoms with van der Waals surface area (Å²) in [4.78, 5) is 1.07. The van der Waals surface area contributed by atoms with Crippen LogP contribution < -0.4 is 5.32 Å². The molecule has 0 radical (unpaired) electrons. The molecule has 0 fully saturated rings. The van der Waals surface area contributed by atoms with Crippen LogP contribution in [0.15, 0.2) is 12.1 Å². The Balaban J connectivity index is 2.13. The van der Waals surface area contributed by atoms with Crippen LogP contribution in [0.4, 0.5) is 5.13 Å². The normalized spacial score (nSPS) is 10.5. The molecule has 0 bridgehead atoms. The Bertz CT molecular complexity index is 438. The van der Waals surface area contributed by atoms with Gasteiger partial charge in [0.15, 0.2) is 5.01 Å². The van der Waals surface area contributed by atoms with E-state index in [2.05, 4.69) is 22.4 Å². The zero-order chi connectivity index (χ0) is 10.7. The van der Waals surface area contributed by atoms with Crippen LogP contribution in [-0.4, -0.2) is 16.7 Å². The van der Waals surface area contributed by atoms with Crippen LogP contribution in [0.25, 0.3) is 9.88 Å². The number of aromatic nitrogens is 2. The smallest absolute Gasteiger partial charge is 0.206 e. The first-order chi connectivity index (χ1) is 7.29. The molecule has 2 heterocycles. The molecule has 80 valence electrons. The molecule has 0 aromatic carbocycles. The molecular weight excluding hydrogens is 250 g/mol. The second-order valence-electron chi connectivity index (χ2n) is 2.94. The highest BCUT2D eigenvalue weighted by Crippen LogP contribution is 2.33. The molecule has 3 nitrogen and oxygen atoms in total. The largest absolute Gasteiger partial charge is 0.360 e. The van der Waals surface area contributed by atoms with Crippen molar-refractivity contribution in [3.05, 3.63) is 16.5 Å². The van der Waals surface area contributed by atoms with Crippen LogP contribution >= 0.6 is 34.3 Å². The molecule has 1 N–H and O–H groups in total. The Morgan fingerprint density at radius 1 is 1.33 bits per heavy atom. The molecule has 2 rings (SSSR count). The van der Waals surface area contributed by atoms with E-state index in [1.54, 1.807) is 11.3 Å². The van der Waals surface area contributed by atoms with Crippen molar-refractivity contribution < 1.29 is 0 Å². The van der Waals surface area contributed by atoms with Gasteiger partial charge in [-0.25, -0.2) is 0 Å². The van der Waals surface area contributed by atoms with Crippen molar-refractivity contribution in [2.75, 3.05) is 11.9 Å². The summed E-state index contributed by atoms with van der Waals surface area (Å²) < 4.78 is 0.781. The number of hydrogen-bond donors (Lipinski definition) is 1. The topological polar surface area (TPSA) is 37.8 Å². The summed E-state index contributed by atoms with van der Waals surface area (Å²) in [5.74, 6) is 0. The molecule has 2 aromatic heterocycles. The van der Waals surface area contributed by atoms with Gasteiger partial charge in [0.1, 0.15) is 0 Å². The SMILES string of the molecule is CCCNc1nnc(-c2ccc(Cl)s2)s1. The van der Waals surface area contributed by atoms with Crippen molar-refractivity contribution in [1.82, 2.24) is 10.2 Å². The van der Waals surface area contributed by atoms with Gasteiger partial charge < -0.3 is 5.32 Å². The van der Waals surface area contributed by atoms with Crippen LogP contribution in [0.1, 0.15) is 13.3 Å². The molecule has 0 aliphatic heterocycles. The number of nitrogens with one attached hydrogen (secondary N) is 1. The van der Waals surface area contributed by atoms with Gasteiger partial charge in [0.2, 0.25) is 5.13 Å². The van der Waals surface area contributed by atoms with Crippen molar-refractivity contribution in [1.29, 1.82) is 0 Å². The minimum absolute atomic E-state index is 0.781. The van der Waals surface area contributed by atoms with Gasteiger partial charge in [-0.15, -0.1) is 21.5 Å². The fourth-order valence-corrected chi connectivity index (χ4v) is 2.92. The second kappa shape index (κ2) is 4.92. The first-order valence-corrected chi connectivity index (χ1v) is 6.63. The van der Waals surface area contributed by atoms with Crippen molar-refractivity contribution in [2.24, 2.45) is 0 Å². The average molecular weight is 260 g/mol. The number of nitrogens with zero attached hydrogens (tertiary/aromatic N) is 2. The number of anilines is 1. The highest BCUT2D eigenvalue weighted by molar-refractivity contribution is 7.25. The van der Waals surface area contributed by atoms with Crippen molar-refractivity contribution in [3.8, 4) is 9.88 Å². The van der Waals surface area contributed by atoms with Crippen molar-refractivity contribution in [3.63, 3.8) is 0 Å². The molecule has 0 atom stereocenters. The van der Waals surface area contributed by atoms with E-state index >= 15 is 0 Å². The monoisotopic (exact) mass is 259 g/mol. The lowest BCUT2D eigenvalue weighted by Crippen LogP contribution is -1.98. The van der Waals surface area contributed by atoms with E-state index in [1.807, 2.05) is 12.1 Å². The number of halogens is 1. The van der Waals surface area contributed by atoms with Gasteiger partial charge in [-0.05, 0) is 18.6 Å². The molecule has 0 amide bonds. The highest BCUT2D eigenvalue weighted by atomic mass is 35.5. The Morgan fingerprint density at radius 2 is 2.20 bits per heavy atom. The zero-order valence-corrected chi connectivity index (χ0v) is 10.5. The maximum Gasteiger partial charge on any atom is 0.206 e. The maximum atomic E-state index is 5.86. The third kappa shape index (κ3) is 2.68. The van der Waals surface area contributed by atoms with Crippen LogP contribution in [0.5, 0.6) is 0 Å². The lowest BCUT2D eigenvalue weighted by atomic mass is 10.5. The summed E-state index contributed by atoms with van der Waals surface area (Å²) in [5, 5.41) is 13.2. The Kier molecular flexibility index (Phi) is 3.56. The number of rotatable bonds is 4.